The van der Waals surface area contributed by atoms with Crippen molar-refractivity contribution >= 4 is 51.2 Å². The van der Waals surface area contributed by atoms with Crippen LogP contribution in [0.1, 0.15) is 37.6 Å². The number of nitriles is 1. The molecule has 0 bridgehead atoms. The molecule has 0 saturated carbocycles. The Bertz CT molecular complexity index is 1730. The van der Waals surface area contributed by atoms with Crippen LogP contribution in [0.15, 0.2) is 53.6 Å². The van der Waals surface area contributed by atoms with Crippen LogP contribution in [-0.2, 0) is 15.4 Å². The summed E-state index contributed by atoms with van der Waals surface area (Å²) in [5.74, 6) is 0. The van der Waals surface area contributed by atoms with Crippen LogP contribution in [0.25, 0.3) is 29.6 Å². The zero-order valence-electron chi connectivity index (χ0n) is 20.0. The Morgan fingerprint density at radius 3 is 2.29 bits per heavy atom. The molecule has 2 aromatic heterocycles. The first-order valence-electron chi connectivity index (χ1n) is 10.9. The summed E-state index contributed by atoms with van der Waals surface area (Å²) in [5.41, 5.74) is 2.80. The van der Waals surface area contributed by atoms with Crippen LogP contribution in [0.3, 0.4) is 0 Å². The molecule has 178 valence electrons. The number of benzene rings is 2. The zero-order chi connectivity index (χ0) is 25.7. The molecule has 0 aliphatic rings. The third kappa shape index (κ3) is 4.31. The Balaban J connectivity index is 1.90. The van der Waals surface area contributed by atoms with E-state index in [0.717, 1.165) is 11.1 Å². The number of halogens is 1. The lowest BCUT2D eigenvalue weighted by atomic mass is 9.87. The van der Waals surface area contributed by atoms with Crippen LogP contribution < -0.4 is 15.4 Å². The summed E-state index contributed by atoms with van der Waals surface area (Å²) in [6.45, 7) is 16.4. The maximum Gasteiger partial charge on any atom is 0.261 e. The van der Waals surface area contributed by atoms with Crippen molar-refractivity contribution < 1.29 is 8.42 Å². The topological polar surface area (TPSA) is 87.8 Å². The van der Waals surface area contributed by atoms with Gasteiger partial charge in [-0.3, -0.25) is 4.72 Å². The van der Waals surface area contributed by atoms with Crippen molar-refractivity contribution in [1.29, 1.82) is 5.26 Å². The first-order valence-corrected chi connectivity index (χ1v) is 12.7. The lowest BCUT2D eigenvalue weighted by Gasteiger charge is -2.19. The summed E-state index contributed by atoms with van der Waals surface area (Å²) in [4.78, 5) is 4.35. The predicted molar refractivity (Wildman–Crippen MR) is 142 cm³/mol. The Morgan fingerprint density at radius 1 is 1.06 bits per heavy atom. The van der Waals surface area contributed by atoms with Crippen molar-refractivity contribution in [2.75, 3.05) is 4.72 Å². The van der Waals surface area contributed by atoms with Gasteiger partial charge in [-0.1, -0.05) is 57.7 Å². The Hall–Kier alpha value is -3.60. The second-order valence-corrected chi connectivity index (χ2v) is 11.5. The summed E-state index contributed by atoms with van der Waals surface area (Å²) in [7, 11) is -3.90. The van der Waals surface area contributed by atoms with Crippen molar-refractivity contribution in [3.8, 4) is 11.8 Å². The fourth-order valence-corrected chi connectivity index (χ4v) is 5.41. The largest absolute Gasteiger partial charge is 0.307 e. The Kier molecular flexibility index (Phi) is 6.00. The number of nitrogens with one attached hydrogen (secondary N) is 1. The van der Waals surface area contributed by atoms with Crippen molar-refractivity contribution in [1.82, 2.24) is 9.55 Å². The van der Waals surface area contributed by atoms with Crippen molar-refractivity contribution in [3.63, 3.8) is 0 Å². The van der Waals surface area contributed by atoms with Gasteiger partial charge in [-0.2, -0.15) is 5.26 Å². The van der Waals surface area contributed by atoms with Gasteiger partial charge in [0, 0.05) is 27.7 Å². The highest BCUT2D eigenvalue weighted by molar-refractivity contribution is 7.92. The molecule has 2 aromatic carbocycles. The zero-order valence-corrected chi connectivity index (χ0v) is 21.5. The van der Waals surface area contributed by atoms with Crippen LogP contribution in [0, 0.1) is 18.3 Å². The van der Waals surface area contributed by atoms with Crippen molar-refractivity contribution in [2.45, 2.75) is 38.0 Å². The molecule has 1 N–H and O–H groups in total. The molecule has 2 heterocycles. The van der Waals surface area contributed by atoms with Gasteiger partial charge in [0.1, 0.15) is 6.07 Å². The molecule has 0 unspecified atom stereocenters. The molecule has 0 spiro atoms. The third-order valence-electron chi connectivity index (χ3n) is 5.90. The number of anilines is 1. The first-order chi connectivity index (χ1) is 16.3. The molecule has 0 aliphatic carbocycles. The minimum Gasteiger partial charge on any atom is -0.307 e. The van der Waals surface area contributed by atoms with E-state index in [1.54, 1.807) is 35.0 Å². The smallest absolute Gasteiger partial charge is 0.261 e. The van der Waals surface area contributed by atoms with E-state index in [9.17, 15) is 13.7 Å². The van der Waals surface area contributed by atoms with E-state index in [1.807, 2.05) is 25.1 Å². The average molecular weight is 505 g/mol. The van der Waals surface area contributed by atoms with Crippen LogP contribution >= 0.6 is 11.6 Å². The fourth-order valence-electron chi connectivity index (χ4n) is 4.07. The van der Waals surface area contributed by atoms with Crippen molar-refractivity contribution in [2.24, 2.45) is 0 Å². The number of nitrogens with zero attached hydrogens (tertiary/aromatic N) is 3. The summed E-state index contributed by atoms with van der Waals surface area (Å²) in [5, 5.41) is 12.0. The van der Waals surface area contributed by atoms with Crippen LogP contribution in [0.4, 0.5) is 5.69 Å². The number of hydrogen-bond donors (Lipinski definition) is 1. The third-order valence-corrected chi connectivity index (χ3v) is 7.59. The molecule has 0 atom stereocenters. The summed E-state index contributed by atoms with van der Waals surface area (Å²) in [6, 6.07) is 13.9. The molecule has 4 aromatic rings. The molecule has 4 rings (SSSR count). The molecule has 0 radical (unpaired) electrons. The van der Waals surface area contributed by atoms with Gasteiger partial charge in [0.2, 0.25) is 0 Å². The molecular weight excluding hydrogens is 480 g/mol. The molecule has 0 saturated heterocycles. The van der Waals surface area contributed by atoms with E-state index in [1.165, 1.54) is 0 Å². The van der Waals surface area contributed by atoms with E-state index < -0.39 is 10.0 Å². The van der Waals surface area contributed by atoms with Gasteiger partial charge in [0.05, 0.1) is 21.3 Å². The number of rotatable bonds is 4. The van der Waals surface area contributed by atoms with Gasteiger partial charge >= 0.3 is 0 Å². The van der Waals surface area contributed by atoms with E-state index in [4.69, 9.17) is 11.6 Å². The molecule has 0 aliphatic heterocycles. The highest BCUT2D eigenvalue weighted by atomic mass is 35.5. The molecule has 6 nitrogen and oxygen atoms in total. The van der Waals surface area contributed by atoms with E-state index in [0.29, 0.717) is 37.9 Å². The fraction of sp³-hybridized carbons (Fsp3) is 0.185. The number of aromatic nitrogens is 2. The average Bonchev–Trinajstić information content (AvgIpc) is 3.06. The van der Waals surface area contributed by atoms with Crippen LogP contribution in [-0.4, -0.2) is 18.0 Å². The summed E-state index contributed by atoms with van der Waals surface area (Å²) >= 11 is 6.52. The summed E-state index contributed by atoms with van der Waals surface area (Å²) < 4.78 is 30.9. The standard InChI is InChI=1S/C27H25ClN4O2S/c1-16-13-24(23(14-29)30-15-16)32-17(2)25-21(28)11-12-22(26(25)18(32)3)31-35(33,34)20-9-7-19(8-10-20)27(4,5)6/h7-13,15,31H,2-3H2,1,4-6H3. The van der Waals surface area contributed by atoms with Crippen LogP contribution in [0.2, 0.25) is 5.02 Å². The van der Waals surface area contributed by atoms with Gasteiger partial charge in [-0.05, 0) is 53.8 Å². The monoisotopic (exact) mass is 504 g/mol. The Labute approximate surface area is 209 Å². The second-order valence-electron chi connectivity index (χ2n) is 9.45. The highest BCUT2D eigenvalue weighted by Gasteiger charge is 2.21. The second kappa shape index (κ2) is 8.56. The van der Waals surface area contributed by atoms with Crippen LogP contribution in [0.5, 0.6) is 0 Å². The minimum atomic E-state index is -3.90. The minimum absolute atomic E-state index is 0.0960. The lowest BCUT2D eigenvalue weighted by Crippen LogP contribution is -2.24. The van der Waals surface area contributed by atoms with Gasteiger partial charge < -0.3 is 4.57 Å². The molecular formula is C27H25ClN4O2S. The lowest BCUT2D eigenvalue weighted by molar-refractivity contribution is 0.587. The maximum absolute atomic E-state index is 13.3. The van der Waals surface area contributed by atoms with Gasteiger partial charge in [-0.25, -0.2) is 13.4 Å². The van der Waals surface area contributed by atoms with Gasteiger partial charge in [0.25, 0.3) is 10.0 Å². The highest BCUT2D eigenvalue weighted by Crippen LogP contribution is 2.29. The first kappa shape index (κ1) is 24.5. The normalized spacial score (nSPS) is 12.0. The van der Waals surface area contributed by atoms with Gasteiger partial charge in [0.15, 0.2) is 5.69 Å². The number of aryl methyl sites for hydroxylation is 1. The number of hydrogen-bond acceptors (Lipinski definition) is 4. The molecule has 0 fully saturated rings. The molecule has 8 heteroatoms. The summed E-state index contributed by atoms with van der Waals surface area (Å²) in [6.07, 6.45) is 1.61. The van der Waals surface area contributed by atoms with E-state index in [-0.39, 0.29) is 16.0 Å². The Morgan fingerprint density at radius 2 is 1.69 bits per heavy atom. The quantitative estimate of drug-likeness (QED) is 0.433. The molecule has 0 amide bonds. The van der Waals surface area contributed by atoms with Crippen molar-refractivity contribution in [3.05, 3.63) is 81.2 Å². The van der Waals surface area contributed by atoms with E-state index in [2.05, 4.69) is 49.7 Å². The maximum atomic E-state index is 13.3. The predicted octanol–water partition coefficient (Wildman–Crippen LogP) is 4.78. The number of pyridine rings is 1. The SMILES string of the molecule is C=c1c2c(Cl)ccc(NS(=O)(=O)c3ccc(C(C)(C)C)cc3)c2c(=C)n1-c1cc(C)cnc1C#N. The van der Waals surface area contributed by atoms with E-state index >= 15 is 0 Å². The number of sulfonamides is 1. The number of fused-ring (bicyclic) bond motifs is 1. The molecule has 35 heavy (non-hydrogen) atoms. The van der Waals surface area contributed by atoms with Gasteiger partial charge in [-0.15, -0.1) is 0 Å².